The number of halogens is 1. The van der Waals surface area contributed by atoms with Crippen molar-refractivity contribution in [2.45, 2.75) is 13.3 Å². The first-order chi connectivity index (χ1) is 9.56. The molecule has 1 heterocycles. The van der Waals surface area contributed by atoms with E-state index in [4.69, 9.17) is 5.73 Å². The van der Waals surface area contributed by atoms with Crippen LogP contribution in [0.25, 0.3) is 0 Å². The highest BCUT2D eigenvalue weighted by atomic mass is 19.1. The van der Waals surface area contributed by atoms with Gasteiger partial charge >= 0.3 is 0 Å². The van der Waals surface area contributed by atoms with Gasteiger partial charge in [-0.15, -0.1) is 0 Å². The molecule has 2 N–H and O–H groups in total. The Balaban J connectivity index is 2.01. The van der Waals surface area contributed by atoms with Crippen LogP contribution in [0.15, 0.2) is 36.4 Å². The largest absolute Gasteiger partial charge is 0.399 e. The quantitative estimate of drug-likeness (QED) is 0.810. The number of carbonyl (C=O) groups is 1. The van der Waals surface area contributed by atoms with E-state index in [1.54, 1.807) is 23.1 Å². The number of rotatable bonds is 1. The van der Waals surface area contributed by atoms with E-state index >= 15 is 0 Å². The molecule has 20 heavy (non-hydrogen) atoms. The predicted molar refractivity (Wildman–Crippen MR) is 77.4 cm³/mol. The average Bonchev–Trinajstić information content (AvgIpc) is 2.83. The number of hydrogen-bond donors (Lipinski definition) is 1. The maximum absolute atomic E-state index is 13.4. The van der Waals surface area contributed by atoms with E-state index in [1.165, 1.54) is 12.1 Å². The van der Waals surface area contributed by atoms with Gasteiger partial charge in [-0.2, -0.15) is 0 Å². The summed E-state index contributed by atoms with van der Waals surface area (Å²) in [6, 6.07) is 9.86. The van der Waals surface area contributed by atoms with Gasteiger partial charge in [0.2, 0.25) is 0 Å². The number of aryl methyl sites for hydroxylation is 1. The summed E-state index contributed by atoms with van der Waals surface area (Å²) in [5.74, 6) is -0.452. The smallest absolute Gasteiger partial charge is 0.258 e. The van der Waals surface area contributed by atoms with E-state index in [-0.39, 0.29) is 11.7 Å². The molecule has 3 nitrogen and oxygen atoms in total. The summed E-state index contributed by atoms with van der Waals surface area (Å²) in [7, 11) is 0. The molecule has 1 aliphatic heterocycles. The predicted octanol–water partition coefficient (Wildman–Crippen LogP) is 2.92. The first-order valence-electron chi connectivity index (χ1n) is 6.52. The second-order valence-corrected chi connectivity index (χ2v) is 5.05. The molecule has 0 atom stereocenters. The lowest BCUT2D eigenvalue weighted by Gasteiger charge is -2.19. The molecule has 0 radical (unpaired) electrons. The Bertz CT molecular complexity index is 697. The first kappa shape index (κ1) is 12.7. The molecular formula is C16H15FN2O. The highest BCUT2D eigenvalue weighted by molar-refractivity contribution is 6.08. The Kier molecular flexibility index (Phi) is 2.93. The number of benzene rings is 2. The fraction of sp³-hybridized carbons (Fsp3) is 0.188. The van der Waals surface area contributed by atoms with E-state index < -0.39 is 0 Å². The van der Waals surface area contributed by atoms with E-state index in [2.05, 4.69) is 0 Å². The van der Waals surface area contributed by atoms with Gasteiger partial charge in [0.25, 0.3) is 5.91 Å². The summed E-state index contributed by atoms with van der Waals surface area (Å²) in [5, 5.41) is 0. The molecule has 0 aromatic heterocycles. The van der Waals surface area contributed by atoms with Gasteiger partial charge in [-0.05, 0) is 48.7 Å². The molecule has 4 heteroatoms. The lowest BCUT2D eigenvalue weighted by atomic mass is 10.1. The lowest BCUT2D eigenvalue weighted by Crippen LogP contribution is -2.29. The number of fused-ring (bicyclic) bond motifs is 1. The van der Waals surface area contributed by atoms with E-state index in [1.807, 2.05) is 13.0 Å². The van der Waals surface area contributed by atoms with Crippen molar-refractivity contribution >= 4 is 17.3 Å². The normalized spacial score (nSPS) is 13.4. The number of anilines is 2. The van der Waals surface area contributed by atoms with Gasteiger partial charge in [-0.3, -0.25) is 4.79 Å². The summed E-state index contributed by atoms with van der Waals surface area (Å²) >= 11 is 0. The van der Waals surface area contributed by atoms with Gasteiger partial charge in [0.1, 0.15) is 5.82 Å². The van der Waals surface area contributed by atoms with Crippen molar-refractivity contribution in [2.24, 2.45) is 0 Å². The summed E-state index contributed by atoms with van der Waals surface area (Å²) in [6.45, 7) is 2.45. The van der Waals surface area contributed by atoms with Gasteiger partial charge in [0, 0.05) is 17.8 Å². The molecule has 0 bridgehead atoms. The minimum atomic E-state index is -0.326. The third-order valence-electron chi connectivity index (χ3n) is 3.68. The molecular weight excluding hydrogens is 255 g/mol. The van der Waals surface area contributed by atoms with Crippen LogP contribution < -0.4 is 10.6 Å². The number of nitrogen functional groups attached to an aromatic ring is 1. The number of carbonyl (C=O) groups excluding carboxylic acids is 1. The van der Waals surface area contributed by atoms with Crippen LogP contribution in [0.1, 0.15) is 21.5 Å². The van der Waals surface area contributed by atoms with Crippen molar-refractivity contribution in [2.75, 3.05) is 17.2 Å². The van der Waals surface area contributed by atoms with Crippen LogP contribution in [0.2, 0.25) is 0 Å². The van der Waals surface area contributed by atoms with Crippen molar-refractivity contribution in [1.29, 1.82) is 0 Å². The number of hydrogen-bond acceptors (Lipinski definition) is 2. The summed E-state index contributed by atoms with van der Waals surface area (Å²) in [5.41, 5.74) is 9.41. The minimum absolute atomic E-state index is 0.126. The van der Waals surface area contributed by atoms with Gasteiger partial charge in [0.05, 0.1) is 5.69 Å². The second-order valence-electron chi connectivity index (χ2n) is 5.05. The molecule has 0 fully saturated rings. The Hall–Kier alpha value is -2.36. The van der Waals surface area contributed by atoms with Gasteiger partial charge in [-0.25, -0.2) is 4.39 Å². The molecule has 2 aromatic rings. The van der Waals surface area contributed by atoms with Crippen LogP contribution in [-0.2, 0) is 6.42 Å². The van der Waals surface area contributed by atoms with Gasteiger partial charge in [-0.1, -0.05) is 12.1 Å². The third-order valence-corrected chi connectivity index (χ3v) is 3.68. The summed E-state index contributed by atoms with van der Waals surface area (Å²) in [6.07, 6.45) is 0.753. The van der Waals surface area contributed by atoms with Crippen molar-refractivity contribution in [1.82, 2.24) is 0 Å². The third kappa shape index (κ3) is 2.03. The van der Waals surface area contributed by atoms with Crippen LogP contribution in [0.5, 0.6) is 0 Å². The van der Waals surface area contributed by atoms with Crippen LogP contribution >= 0.6 is 0 Å². The zero-order chi connectivity index (χ0) is 14.3. The molecule has 3 rings (SSSR count). The molecule has 1 aliphatic rings. The van der Waals surface area contributed by atoms with Crippen molar-refractivity contribution in [3.63, 3.8) is 0 Å². The molecule has 0 saturated heterocycles. The molecule has 1 amide bonds. The molecule has 102 valence electrons. The molecule has 0 unspecified atom stereocenters. The molecule has 0 aliphatic carbocycles. The zero-order valence-electron chi connectivity index (χ0n) is 11.2. The Labute approximate surface area is 116 Å². The first-order valence-corrected chi connectivity index (χ1v) is 6.52. The number of amides is 1. The van der Waals surface area contributed by atoms with E-state index in [0.717, 1.165) is 17.5 Å². The summed E-state index contributed by atoms with van der Waals surface area (Å²) < 4.78 is 13.4. The fourth-order valence-electron chi connectivity index (χ4n) is 2.58. The highest BCUT2D eigenvalue weighted by Crippen LogP contribution is 2.30. The van der Waals surface area contributed by atoms with Gasteiger partial charge in [0.15, 0.2) is 0 Å². The lowest BCUT2D eigenvalue weighted by molar-refractivity contribution is 0.0989. The Morgan fingerprint density at radius 3 is 2.85 bits per heavy atom. The summed E-state index contributed by atoms with van der Waals surface area (Å²) in [4.78, 5) is 14.3. The maximum atomic E-state index is 13.4. The van der Waals surface area contributed by atoms with Crippen LogP contribution in [-0.4, -0.2) is 12.5 Å². The molecule has 2 aromatic carbocycles. The Morgan fingerprint density at radius 2 is 2.05 bits per heavy atom. The fourth-order valence-corrected chi connectivity index (χ4v) is 2.58. The number of nitrogens with two attached hydrogens (primary N) is 1. The monoisotopic (exact) mass is 270 g/mol. The second kappa shape index (κ2) is 4.63. The van der Waals surface area contributed by atoms with Crippen LogP contribution in [0, 0.1) is 12.7 Å². The van der Waals surface area contributed by atoms with Crippen LogP contribution in [0.3, 0.4) is 0 Å². The van der Waals surface area contributed by atoms with Crippen molar-refractivity contribution in [3.05, 3.63) is 58.9 Å². The molecule has 0 spiro atoms. The Morgan fingerprint density at radius 1 is 1.25 bits per heavy atom. The SMILES string of the molecule is Cc1ccc(N)cc1C(=O)N1CCc2ccc(F)cc21. The topological polar surface area (TPSA) is 46.3 Å². The van der Waals surface area contributed by atoms with E-state index in [0.29, 0.717) is 23.5 Å². The average molecular weight is 270 g/mol. The number of nitrogens with zero attached hydrogens (tertiary/aromatic N) is 1. The molecule has 0 saturated carbocycles. The minimum Gasteiger partial charge on any atom is -0.399 e. The maximum Gasteiger partial charge on any atom is 0.258 e. The van der Waals surface area contributed by atoms with Crippen LogP contribution in [0.4, 0.5) is 15.8 Å². The van der Waals surface area contributed by atoms with Crippen molar-refractivity contribution < 1.29 is 9.18 Å². The highest BCUT2D eigenvalue weighted by Gasteiger charge is 2.26. The van der Waals surface area contributed by atoms with Gasteiger partial charge < -0.3 is 10.6 Å². The van der Waals surface area contributed by atoms with Crippen molar-refractivity contribution in [3.8, 4) is 0 Å². The standard InChI is InChI=1S/C16H15FN2O/c1-10-2-5-13(18)9-14(10)16(20)19-7-6-11-3-4-12(17)8-15(11)19/h2-5,8-9H,6-7,18H2,1H3. The zero-order valence-corrected chi connectivity index (χ0v) is 11.2. The van der Waals surface area contributed by atoms with E-state index in [9.17, 15) is 9.18 Å².